The molecule has 0 radical (unpaired) electrons. The number of aromatic amines is 1. The number of ether oxygens (including phenoxy) is 1. The molecule has 114 valence electrons. The third kappa shape index (κ3) is 2.50. The van der Waals surface area contributed by atoms with Gasteiger partial charge in [0.15, 0.2) is 0 Å². The minimum Gasteiger partial charge on any atom is -0.482 e. The van der Waals surface area contributed by atoms with Crippen molar-refractivity contribution >= 4 is 36.4 Å². The molecule has 2 aliphatic heterocycles. The molecule has 21 heavy (non-hydrogen) atoms. The maximum atomic E-state index is 6.34. The molecule has 3 heterocycles. The second-order valence-corrected chi connectivity index (χ2v) is 5.58. The fourth-order valence-corrected chi connectivity index (χ4v) is 3.25. The molecule has 4 nitrogen and oxygen atoms in total. The zero-order chi connectivity index (χ0) is 12.9. The lowest BCUT2D eigenvalue weighted by Gasteiger charge is -2.41. The highest BCUT2D eigenvalue weighted by atomic mass is 35.5. The van der Waals surface area contributed by atoms with Gasteiger partial charge >= 0.3 is 0 Å². The SMILES string of the molecule is Cl.Cl.Clc1ccc2c(c1)OC1(CCNCC1)c1cn[nH]c1-2. The molecule has 1 fully saturated rings. The Balaban J connectivity index is 0.000000807. The van der Waals surface area contributed by atoms with Crippen molar-refractivity contribution in [1.82, 2.24) is 15.5 Å². The second kappa shape index (κ2) is 6.05. The van der Waals surface area contributed by atoms with Crippen molar-refractivity contribution in [3.63, 3.8) is 0 Å². The Morgan fingerprint density at radius 1 is 1.19 bits per heavy atom. The lowest BCUT2D eigenvalue weighted by molar-refractivity contribution is 0.0308. The van der Waals surface area contributed by atoms with Gasteiger partial charge in [-0.3, -0.25) is 5.10 Å². The van der Waals surface area contributed by atoms with E-state index in [1.165, 1.54) is 5.56 Å². The number of fused-ring (bicyclic) bond motifs is 4. The smallest absolute Gasteiger partial charge is 0.140 e. The van der Waals surface area contributed by atoms with E-state index in [4.69, 9.17) is 16.3 Å². The summed E-state index contributed by atoms with van der Waals surface area (Å²) in [5.74, 6) is 0.853. The van der Waals surface area contributed by atoms with Gasteiger partial charge in [0.25, 0.3) is 0 Å². The van der Waals surface area contributed by atoms with Gasteiger partial charge in [0.1, 0.15) is 11.4 Å². The van der Waals surface area contributed by atoms with Gasteiger partial charge in [-0.25, -0.2) is 0 Å². The molecule has 1 spiro atoms. The first-order valence-electron chi connectivity index (χ1n) is 6.52. The molecule has 1 saturated heterocycles. The number of hydrogen-bond acceptors (Lipinski definition) is 3. The van der Waals surface area contributed by atoms with Crippen LogP contribution >= 0.6 is 36.4 Å². The Hall–Kier alpha value is -0.940. The zero-order valence-corrected chi connectivity index (χ0v) is 13.6. The van der Waals surface area contributed by atoms with Crippen molar-refractivity contribution in [2.75, 3.05) is 13.1 Å². The lowest BCUT2D eigenvalue weighted by Crippen LogP contribution is -2.45. The van der Waals surface area contributed by atoms with Crippen molar-refractivity contribution in [2.45, 2.75) is 18.4 Å². The molecule has 0 bridgehead atoms. The molecular weight excluding hydrogens is 333 g/mol. The Bertz CT molecular complexity index is 638. The molecule has 1 aromatic carbocycles. The number of hydrogen-bond donors (Lipinski definition) is 2. The summed E-state index contributed by atoms with van der Waals surface area (Å²) in [6.45, 7) is 1.92. The maximum Gasteiger partial charge on any atom is 0.140 e. The van der Waals surface area contributed by atoms with Gasteiger partial charge in [0, 0.05) is 29.0 Å². The molecule has 0 aliphatic carbocycles. The Morgan fingerprint density at radius 2 is 1.95 bits per heavy atom. The molecule has 2 N–H and O–H groups in total. The van der Waals surface area contributed by atoms with Crippen LogP contribution in [0.15, 0.2) is 24.4 Å². The standard InChI is InChI=1S/C14H14ClN3O.2ClH/c15-9-1-2-10-12(7-9)19-14(3-5-16-6-4-14)11-8-17-18-13(10)11;;/h1-2,7-8,16H,3-6H2,(H,17,18);2*1H. The topological polar surface area (TPSA) is 49.9 Å². The largest absolute Gasteiger partial charge is 0.482 e. The summed E-state index contributed by atoms with van der Waals surface area (Å²) < 4.78 is 6.34. The summed E-state index contributed by atoms with van der Waals surface area (Å²) >= 11 is 6.09. The zero-order valence-electron chi connectivity index (χ0n) is 11.2. The van der Waals surface area contributed by atoms with E-state index in [1.807, 2.05) is 24.4 Å². The summed E-state index contributed by atoms with van der Waals surface area (Å²) in [7, 11) is 0. The van der Waals surface area contributed by atoms with Gasteiger partial charge < -0.3 is 10.1 Å². The number of H-pyrrole nitrogens is 1. The normalized spacial score (nSPS) is 17.8. The Labute approximate surface area is 140 Å². The van der Waals surface area contributed by atoms with E-state index < -0.39 is 0 Å². The van der Waals surface area contributed by atoms with Crippen LogP contribution in [0, 0.1) is 0 Å². The number of halogens is 3. The van der Waals surface area contributed by atoms with Gasteiger partial charge in [0.2, 0.25) is 0 Å². The molecule has 0 saturated carbocycles. The molecule has 4 rings (SSSR count). The Morgan fingerprint density at radius 3 is 2.71 bits per heavy atom. The van der Waals surface area contributed by atoms with E-state index in [9.17, 15) is 0 Å². The van der Waals surface area contributed by atoms with Crippen LogP contribution in [0.5, 0.6) is 5.75 Å². The molecule has 2 aliphatic rings. The molecule has 0 amide bonds. The van der Waals surface area contributed by atoms with Crippen LogP contribution in [0.1, 0.15) is 18.4 Å². The fourth-order valence-electron chi connectivity index (χ4n) is 3.09. The maximum absolute atomic E-state index is 6.34. The summed E-state index contributed by atoms with van der Waals surface area (Å²) in [5, 5.41) is 11.4. The van der Waals surface area contributed by atoms with Crippen molar-refractivity contribution < 1.29 is 4.74 Å². The van der Waals surface area contributed by atoms with Crippen LogP contribution in [0.25, 0.3) is 11.3 Å². The van der Waals surface area contributed by atoms with Crippen LogP contribution in [0.3, 0.4) is 0 Å². The predicted octanol–water partition coefficient (Wildman–Crippen LogP) is 3.54. The highest BCUT2D eigenvalue weighted by molar-refractivity contribution is 6.30. The number of nitrogens with zero attached hydrogens (tertiary/aromatic N) is 1. The highest BCUT2D eigenvalue weighted by Crippen LogP contribution is 2.48. The minimum atomic E-state index is -0.259. The average molecular weight is 349 g/mol. The van der Waals surface area contributed by atoms with Gasteiger partial charge in [-0.1, -0.05) is 11.6 Å². The summed E-state index contributed by atoms with van der Waals surface area (Å²) in [5.41, 5.74) is 3.02. The first-order valence-corrected chi connectivity index (χ1v) is 6.90. The van der Waals surface area contributed by atoms with Crippen molar-refractivity contribution in [3.8, 4) is 17.0 Å². The van der Waals surface area contributed by atoms with E-state index in [0.29, 0.717) is 5.02 Å². The first-order chi connectivity index (χ1) is 9.28. The lowest BCUT2D eigenvalue weighted by atomic mass is 9.81. The van der Waals surface area contributed by atoms with Crippen LogP contribution in [-0.2, 0) is 5.60 Å². The molecule has 0 atom stereocenters. The van der Waals surface area contributed by atoms with Gasteiger partial charge in [-0.05, 0) is 31.3 Å². The van der Waals surface area contributed by atoms with E-state index >= 15 is 0 Å². The van der Waals surface area contributed by atoms with Crippen molar-refractivity contribution in [2.24, 2.45) is 0 Å². The molecular formula is C14H16Cl3N3O. The number of benzene rings is 1. The van der Waals surface area contributed by atoms with Gasteiger partial charge in [-0.2, -0.15) is 5.10 Å². The molecule has 0 unspecified atom stereocenters. The third-order valence-corrected chi connectivity index (χ3v) is 4.29. The number of nitrogens with one attached hydrogen (secondary N) is 2. The predicted molar refractivity (Wildman–Crippen MR) is 87.9 cm³/mol. The van der Waals surface area contributed by atoms with Crippen LogP contribution in [0.4, 0.5) is 0 Å². The van der Waals surface area contributed by atoms with Crippen LogP contribution in [0.2, 0.25) is 5.02 Å². The van der Waals surface area contributed by atoms with Gasteiger partial charge in [-0.15, -0.1) is 24.8 Å². The number of rotatable bonds is 0. The first kappa shape index (κ1) is 16.4. The number of piperidine rings is 1. The monoisotopic (exact) mass is 347 g/mol. The Kier molecular flexibility index (Phi) is 4.73. The van der Waals surface area contributed by atoms with Crippen LogP contribution in [-0.4, -0.2) is 23.3 Å². The van der Waals surface area contributed by atoms with E-state index in [1.54, 1.807) is 0 Å². The van der Waals surface area contributed by atoms with E-state index in [0.717, 1.165) is 42.9 Å². The molecule has 1 aromatic heterocycles. The fraction of sp³-hybridized carbons (Fsp3) is 0.357. The molecule has 7 heteroatoms. The highest BCUT2D eigenvalue weighted by Gasteiger charge is 2.43. The average Bonchev–Trinajstić information content (AvgIpc) is 2.90. The molecule has 2 aromatic rings. The number of aromatic nitrogens is 2. The minimum absolute atomic E-state index is 0. The van der Waals surface area contributed by atoms with Crippen molar-refractivity contribution in [3.05, 3.63) is 35.0 Å². The third-order valence-electron chi connectivity index (χ3n) is 4.06. The summed E-state index contributed by atoms with van der Waals surface area (Å²) in [4.78, 5) is 0. The van der Waals surface area contributed by atoms with Gasteiger partial charge in [0.05, 0.1) is 11.9 Å². The quantitative estimate of drug-likeness (QED) is 0.765. The summed E-state index contributed by atoms with van der Waals surface area (Å²) in [6, 6.07) is 5.77. The summed E-state index contributed by atoms with van der Waals surface area (Å²) in [6.07, 6.45) is 3.80. The van der Waals surface area contributed by atoms with Crippen molar-refractivity contribution in [1.29, 1.82) is 0 Å². The van der Waals surface area contributed by atoms with E-state index in [2.05, 4.69) is 15.5 Å². The van der Waals surface area contributed by atoms with Crippen LogP contribution < -0.4 is 10.1 Å². The second-order valence-electron chi connectivity index (χ2n) is 5.15. The van der Waals surface area contributed by atoms with E-state index in [-0.39, 0.29) is 30.4 Å².